The average molecular weight is 300 g/mol. The van der Waals surface area contributed by atoms with Crippen LogP contribution in [-0.4, -0.2) is 19.8 Å². The van der Waals surface area contributed by atoms with Crippen LogP contribution < -0.4 is 15.2 Å². The van der Waals surface area contributed by atoms with Gasteiger partial charge in [0.2, 0.25) is 0 Å². The normalized spacial score (nSPS) is 12.2. The van der Waals surface area contributed by atoms with E-state index in [4.69, 9.17) is 26.8 Å². The number of hydrogen-bond acceptors (Lipinski definition) is 3. The van der Waals surface area contributed by atoms with Crippen LogP contribution in [-0.2, 0) is 6.42 Å². The Bertz CT molecular complexity index is 410. The number of halogens is 1. The van der Waals surface area contributed by atoms with Crippen LogP contribution in [0.2, 0.25) is 5.02 Å². The number of hydrogen-bond donors (Lipinski definition) is 1. The lowest BCUT2D eigenvalue weighted by Crippen LogP contribution is -2.07. The van der Waals surface area contributed by atoms with Crippen molar-refractivity contribution in [3.05, 3.63) is 22.7 Å². The smallest absolute Gasteiger partial charge is 0.162 e. The van der Waals surface area contributed by atoms with Crippen molar-refractivity contribution in [2.75, 3.05) is 19.8 Å². The minimum atomic E-state index is 0.600. The second-order valence-electron chi connectivity index (χ2n) is 4.98. The molecule has 0 heterocycles. The van der Waals surface area contributed by atoms with E-state index in [9.17, 15) is 0 Å². The minimum Gasteiger partial charge on any atom is -0.490 e. The van der Waals surface area contributed by atoms with Gasteiger partial charge in [-0.05, 0) is 57.2 Å². The maximum absolute atomic E-state index is 6.34. The van der Waals surface area contributed by atoms with Gasteiger partial charge in [0, 0.05) is 11.1 Å². The predicted molar refractivity (Wildman–Crippen MR) is 84.9 cm³/mol. The molecule has 0 aliphatic carbocycles. The van der Waals surface area contributed by atoms with Gasteiger partial charge in [-0.2, -0.15) is 0 Å². The van der Waals surface area contributed by atoms with E-state index in [-0.39, 0.29) is 0 Å². The molecule has 114 valence electrons. The van der Waals surface area contributed by atoms with E-state index in [0.29, 0.717) is 19.1 Å². The third kappa shape index (κ3) is 5.22. The van der Waals surface area contributed by atoms with Crippen molar-refractivity contribution in [3.63, 3.8) is 0 Å². The molecule has 1 unspecified atom stereocenters. The molecule has 2 N–H and O–H groups in total. The molecule has 0 amide bonds. The molecule has 1 rings (SSSR count). The van der Waals surface area contributed by atoms with Crippen molar-refractivity contribution in [1.82, 2.24) is 0 Å². The van der Waals surface area contributed by atoms with Crippen LogP contribution >= 0.6 is 11.6 Å². The maximum Gasteiger partial charge on any atom is 0.162 e. The molecule has 0 fully saturated rings. The van der Waals surface area contributed by atoms with Crippen molar-refractivity contribution in [1.29, 1.82) is 0 Å². The summed E-state index contributed by atoms with van der Waals surface area (Å²) in [6.45, 7) is 8.09. The highest BCUT2D eigenvalue weighted by atomic mass is 35.5. The first-order chi connectivity index (χ1) is 9.62. The Kier molecular flexibility index (Phi) is 7.78. The van der Waals surface area contributed by atoms with Gasteiger partial charge in [0.15, 0.2) is 11.5 Å². The first-order valence-corrected chi connectivity index (χ1v) is 7.78. The predicted octanol–water partition coefficient (Wildman–Crippen LogP) is 4.05. The number of benzene rings is 1. The van der Waals surface area contributed by atoms with Crippen molar-refractivity contribution < 1.29 is 9.47 Å². The van der Waals surface area contributed by atoms with Gasteiger partial charge in [-0.3, -0.25) is 0 Å². The SMILES string of the molecule is CCOc1cc(Cl)c(CCC(C)CCN)cc1OCC. The molecule has 4 heteroatoms. The quantitative estimate of drug-likeness (QED) is 0.748. The highest BCUT2D eigenvalue weighted by Crippen LogP contribution is 2.34. The van der Waals surface area contributed by atoms with Crippen molar-refractivity contribution in [2.45, 2.75) is 40.0 Å². The molecule has 0 saturated heterocycles. The zero-order chi connectivity index (χ0) is 15.0. The fraction of sp³-hybridized carbons (Fsp3) is 0.625. The van der Waals surface area contributed by atoms with Crippen LogP contribution in [0.15, 0.2) is 12.1 Å². The molecule has 3 nitrogen and oxygen atoms in total. The Labute approximate surface area is 127 Å². The van der Waals surface area contributed by atoms with Crippen molar-refractivity contribution in [2.24, 2.45) is 11.7 Å². The second kappa shape index (κ2) is 9.09. The van der Waals surface area contributed by atoms with Gasteiger partial charge in [0.05, 0.1) is 13.2 Å². The summed E-state index contributed by atoms with van der Waals surface area (Å²) in [7, 11) is 0. The van der Waals surface area contributed by atoms with Crippen LogP contribution in [0.25, 0.3) is 0 Å². The lowest BCUT2D eigenvalue weighted by molar-refractivity contribution is 0.287. The van der Waals surface area contributed by atoms with Crippen molar-refractivity contribution >= 4 is 11.6 Å². The molecule has 0 aromatic heterocycles. The van der Waals surface area contributed by atoms with E-state index in [1.807, 2.05) is 26.0 Å². The fourth-order valence-corrected chi connectivity index (χ4v) is 2.38. The van der Waals surface area contributed by atoms with Gasteiger partial charge in [0.1, 0.15) is 0 Å². The summed E-state index contributed by atoms with van der Waals surface area (Å²) >= 11 is 6.34. The molecule has 0 radical (unpaired) electrons. The summed E-state index contributed by atoms with van der Waals surface area (Å²) in [6.07, 6.45) is 3.07. The van der Waals surface area contributed by atoms with E-state index in [1.165, 1.54) is 0 Å². The third-order valence-electron chi connectivity index (χ3n) is 3.28. The Morgan fingerprint density at radius 3 is 2.25 bits per heavy atom. The number of rotatable bonds is 9. The third-order valence-corrected chi connectivity index (χ3v) is 3.63. The average Bonchev–Trinajstić information content (AvgIpc) is 2.41. The van der Waals surface area contributed by atoms with Gasteiger partial charge in [-0.25, -0.2) is 0 Å². The molecule has 1 aromatic rings. The second-order valence-corrected chi connectivity index (χ2v) is 5.38. The molecule has 0 aliphatic rings. The molecule has 1 atom stereocenters. The first-order valence-electron chi connectivity index (χ1n) is 7.40. The summed E-state index contributed by atoms with van der Waals surface area (Å²) in [4.78, 5) is 0. The Morgan fingerprint density at radius 2 is 1.70 bits per heavy atom. The number of nitrogens with two attached hydrogens (primary N) is 1. The van der Waals surface area contributed by atoms with E-state index >= 15 is 0 Å². The molecule has 0 aliphatic heterocycles. The van der Waals surface area contributed by atoms with E-state index < -0.39 is 0 Å². The van der Waals surface area contributed by atoms with Crippen LogP contribution in [0.1, 0.15) is 39.2 Å². The Balaban J connectivity index is 2.82. The summed E-state index contributed by atoms with van der Waals surface area (Å²) in [5.74, 6) is 2.11. The van der Waals surface area contributed by atoms with Gasteiger partial charge in [-0.1, -0.05) is 18.5 Å². The van der Waals surface area contributed by atoms with Gasteiger partial charge in [0.25, 0.3) is 0 Å². The monoisotopic (exact) mass is 299 g/mol. The molecule has 0 saturated carbocycles. The zero-order valence-corrected chi connectivity index (χ0v) is 13.5. The summed E-state index contributed by atoms with van der Waals surface area (Å²) < 4.78 is 11.2. The lowest BCUT2D eigenvalue weighted by Gasteiger charge is -2.15. The molecular formula is C16H26ClNO2. The highest BCUT2D eigenvalue weighted by Gasteiger charge is 2.12. The van der Waals surface area contributed by atoms with E-state index in [2.05, 4.69) is 6.92 Å². The standard InChI is InChI=1S/C16H26ClNO2/c1-4-19-15-10-13(7-6-12(3)8-9-18)14(17)11-16(15)20-5-2/h10-12H,4-9,18H2,1-3H3. The van der Waals surface area contributed by atoms with Crippen LogP contribution in [0.3, 0.4) is 0 Å². The Hall–Kier alpha value is -0.930. The summed E-state index contributed by atoms with van der Waals surface area (Å²) in [6, 6.07) is 3.87. The molecule has 0 spiro atoms. The Morgan fingerprint density at radius 1 is 1.10 bits per heavy atom. The maximum atomic E-state index is 6.34. The van der Waals surface area contributed by atoms with Crippen LogP contribution in [0.4, 0.5) is 0 Å². The molecule has 0 bridgehead atoms. The van der Waals surface area contributed by atoms with Crippen LogP contribution in [0, 0.1) is 5.92 Å². The van der Waals surface area contributed by atoms with E-state index in [1.54, 1.807) is 0 Å². The fourth-order valence-electron chi connectivity index (χ4n) is 2.14. The summed E-state index contributed by atoms with van der Waals surface area (Å²) in [5, 5.41) is 0.747. The van der Waals surface area contributed by atoms with Crippen LogP contribution in [0.5, 0.6) is 11.5 Å². The summed E-state index contributed by atoms with van der Waals surface area (Å²) in [5.41, 5.74) is 6.70. The first kappa shape index (κ1) is 17.1. The minimum absolute atomic E-state index is 0.600. The molecule has 20 heavy (non-hydrogen) atoms. The molecule has 1 aromatic carbocycles. The van der Waals surface area contributed by atoms with Gasteiger partial charge < -0.3 is 15.2 Å². The van der Waals surface area contributed by atoms with Gasteiger partial charge in [-0.15, -0.1) is 0 Å². The zero-order valence-electron chi connectivity index (χ0n) is 12.7. The largest absolute Gasteiger partial charge is 0.490 e. The number of ether oxygens (including phenoxy) is 2. The van der Waals surface area contributed by atoms with Crippen molar-refractivity contribution in [3.8, 4) is 11.5 Å². The molecular weight excluding hydrogens is 274 g/mol. The topological polar surface area (TPSA) is 44.5 Å². The highest BCUT2D eigenvalue weighted by molar-refractivity contribution is 6.31. The lowest BCUT2D eigenvalue weighted by atomic mass is 9.98. The van der Waals surface area contributed by atoms with E-state index in [0.717, 1.165) is 47.9 Å². The number of aryl methyl sites for hydroxylation is 1. The van der Waals surface area contributed by atoms with Gasteiger partial charge >= 0.3 is 0 Å².